The number of ether oxygens (including phenoxy) is 1. The Balaban J connectivity index is 2.13. The molecule has 0 aliphatic rings. The smallest absolute Gasteiger partial charge is 0.140 e. The minimum atomic E-state index is 0.0651. The van der Waals surface area contributed by atoms with Crippen molar-refractivity contribution in [3.8, 4) is 5.75 Å². The average molecular weight is 305 g/mol. The molecule has 0 fully saturated rings. The molecule has 4 heteroatoms. The first-order chi connectivity index (χ1) is 10.0. The number of hydrogen-bond donors (Lipinski definition) is 1. The van der Waals surface area contributed by atoms with Gasteiger partial charge in [-0.1, -0.05) is 19.4 Å². The lowest BCUT2D eigenvalue weighted by Gasteiger charge is -2.11. The summed E-state index contributed by atoms with van der Waals surface area (Å²) in [5.41, 5.74) is 4.64. The predicted molar refractivity (Wildman–Crippen MR) is 87.0 cm³/mol. The van der Waals surface area contributed by atoms with Crippen LogP contribution in [-0.2, 0) is 19.6 Å². The lowest BCUT2D eigenvalue weighted by Crippen LogP contribution is -1.99. The molecule has 2 rings (SSSR count). The van der Waals surface area contributed by atoms with E-state index in [0.717, 1.165) is 34.2 Å². The Morgan fingerprint density at radius 3 is 2.67 bits per heavy atom. The first-order valence-electron chi connectivity index (χ1n) is 7.34. The first kappa shape index (κ1) is 16.0. The normalized spacial score (nSPS) is 10.9. The van der Waals surface area contributed by atoms with Crippen LogP contribution >= 0.6 is 11.3 Å². The number of thiazole rings is 1. The summed E-state index contributed by atoms with van der Waals surface area (Å²) in [5, 5.41) is 10.3. The van der Waals surface area contributed by atoms with Crippen LogP contribution in [0, 0.1) is 20.8 Å². The molecule has 21 heavy (non-hydrogen) atoms. The van der Waals surface area contributed by atoms with E-state index in [2.05, 4.69) is 44.8 Å². The maximum Gasteiger partial charge on any atom is 0.140 e. The summed E-state index contributed by atoms with van der Waals surface area (Å²) >= 11 is 1.55. The van der Waals surface area contributed by atoms with Crippen LogP contribution in [0.3, 0.4) is 0 Å². The van der Waals surface area contributed by atoms with Crippen LogP contribution in [0.2, 0.25) is 0 Å². The van der Waals surface area contributed by atoms with Gasteiger partial charge in [0.25, 0.3) is 0 Å². The molecule has 1 aromatic heterocycles. The third-order valence-electron chi connectivity index (χ3n) is 3.57. The molecule has 0 spiro atoms. The molecule has 114 valence electrons. The fraction of sp³-hybridized carbons (Fsp3) is 0.471. The maximum atomic E-state index is 9.39. The van der Waals surface area contributed by atoms with Crippen molar-refractivity contribution >= 4 is 11.3 Å². The van der Waals surface area contributed by atoms with Crippen molar-refractivity contribution in [1.82, 2.24) is 4.98 Å². The summed E-state index contributed by atoms with van der Waals surface area (Å²) in [6.07, 6.45) is 1.95. The molecule has 0 saturated carbocycles. The van der Waals surface area contributed by atoms with Gasteiger partial charge in [0.05, 0.1) is 17.2 Å². The van der Waals surface area contributed by atoms with Gasteiger partial charge in [-0.2, -0.15) is 0 Å². The van der Waals surface area contributed by atoms with Crippen molar-refractivity contribution in [2.45, 2.75) is 53.8 Å². The Hall–Kier alpha value is -1.39. The van der Waals surface area contributed by atoms with Crippen LogP contribution in [0.4, 0.5) is 0 Å². The Bertz CT molecular complexity index is 619. The van der Waals surface area contributed by atoms with E-state index >= 15 is 0 Å². The fourth-order valence-corrected chi connectivity index (χ4v) is 3.23. The molecule has 0 amide bonds. The van der Waals surface area contributed by atoms with Crippen LogP contribution in [0.15, 0.2) is 12.1 Å². The molecule has 0 unspecified atom stereocenters. The van der Waals surface area contributed by atoms with E-state index in [1.807, 2.05) is 0 Å². The standard InChI is InChI=1S/C17H23NO2S/c1-5-6-14-16(9-19)21-17(18-14)10-20-15-8-11(2)7-12(3)13(15)4/h7-8,19H,5-6,9-10H2,1-4H3. The monoisotopic (exact) mass is 305 g/mol. The third kappa shape index (κ3) is 3.83. The molecule has 2 aromatic rings. The van der Waals surface area contributed by atoms with E-state index in [9.17, 15) is 5.11 Å². The predicted octanol–water partition coefficient (Wildman–Crippen LogP) is 4.09. The lowest BCUT2D eigenvalue weighted by atomic mass is 10.1. The summed E-state index contributed by atoms with van der Waals surface area (Å²) in [5.74, 6) is 0.922. The van der Waals surface area contributed by atoms with Gasteiger partial charge in [0.2, 0.25) is 0 Å². The van der Waals surface area contributed by atoms with Gasteiger partial charge in [0.15, 0.2) is 0 Å². The number of benzene rings is 1. The molecule has 0 radical (unpaired) electrons. The van der Waals surface area contributed by atoms with E-state index < -0.39 is 0 Å². The third-order valence-corrected chi connectivity index (χ3v) is 4.62. The van der Waals surface area contributed by atoms with E-state index in [1.54, 1.807) is 11.3 Å². The summed E-state index contributed by atoms with van der Waals surface area (Å²) in [7, 11) is 0. The molecule has 1 heterocycles. The number of aliphatic hydroxyl groups is 1. The number of rotatable bonds is 6. The van der Waals surface area contributed by atoms with Gasteiger partial charge in [-0.3, -0.25) is 0 Å². The molecule has 3 nitrogen and oxygen atoms in total. The van der Waals surface area contributed by atoms with Crippen LogP contribution in [0.1, 0.15) is 45.6 Å². The minimum Gasteiger partial charge on any atom is -0.486 e. The Morgan fingerprint density at radius 2 is 2.00 bits per heavy atom. The highest BCUT2D eigenvalue weighted by Crippen LogP contribution is 2.26. The second kappa shape index (κ2) is 7.05. The number of aliphatic hydroxyl groups excluding tert-OH is 1. The highest BCUT2D eigenvalue weighted by atomic mass is 32.1. The Morgan fingerprint density at radius 1 is 1.24 bits per heavy atom. The van der Waals surface area contributed by atoms with Crippen molar-refractivity contribution in [2.75, 3.05) is 0 Å². The molecular weight excluding hydrogens is 282 g/mol. The molecule has 0 saturated heterocycles. The summed E-state index contributed by atoms with van der Waals surface area (Å²) in [6.45, 7) is 8.90. The Kier molecular flexibility index (Phi) is 5.37. The Labute approximate surface area is 130 Å². The van der Waals surface area contributed by atoms with E-state index in [0.29, 0.717) is 6.61 Å². The highest BCUT2D eigenvalue weighted by molar-refractivity contribution is 7.11. The molecule has 0 bridgehead atoms. The largest absolute Gasteiger partial charge is 0.486 e. The van der Waals surface area contributed by atoms with Crippen molar-refractivity contribution in [3.05, 3.63) is 44.4 Å². The van der Waals surface area contributed by atoms with Gasteiger partial charge in [0.1, 0.15) is 17.4 Å². The van der Waals surface area contributed by atoms with Gasteiger partial charge in [-0.15, -0.1) is 11.3 Å². The van der Waals surface area contributed by atoms with E-state index in [-0.39, 0.29) is 6.61 Å². The number of aromatic nitrogens is 1. The maximum absolute atomic E-state index is 9.39. The zero-order chi connectivity index (χ0) is 15.4. The summed E-state index contributed by atoms with van der Waals surface area (Å²) < 4.78 is 5.94. The van der Waals surface area contributed by atoms with Gasteiger partial charge in [0, 0.05) is 0 Å². The highest BCUT2D eigenvalue weighted by Gasteiger charge is 2.11. The lowest BCUT2D eigenvalue weighted by molar-refractivity contribution is 0.284. The molecule has 0 aliphatic heterocycles. The summed E-state index contributed by atoms with van der Waals surface area (Å²) in [4.78, 5) is 5.56. The molecular formula is C17H23NO2S. The van der Waals surface area contributed by atoms with Crippen LogP contribution in [-0.4, -0.2) is 10.1 Å². The van der Waals surface area contributed by atoms with Crippen LogP contribution in [0.25, 0.3) is 0 Å². The minimum absolute atomic E-state index is 0.0651. The fourth-order valence-electron chi connectivity index (χ4n) is 2.34. The van der Waals surface area contributed by atoms with E-state index in [4.69, 9.17) is 4.74 Å². The zero-order valence-corrected chi connectivity index (χ0v) is 14.0. The second-order valence-electron chi connectivity index (χ2n) is 5.38. The molecule has 1 aromatic carbocycles. The van der Waals surface area contributed by atoms with Gasteiger partial charge >= 0.3 is 0 Å². The number of aryl methyl sites for hydroxylation is 3. The van der Waals surface area contributed by atoms with Crippen LogP contribution < -0.4 is 4.74 Å². The second-order valence-corrected chi connectivity index (χ2v) is 6.55. The molecule has 1 N–H and O–H groups in total. The summed E-state index contributed by atoms with van der Waals surface area (Å²) in [6, 6.07) is 4.23. The SMILES string of the molecule is CCCc1nc(COc2cc(C)cc(C)c2C)sc1CO. The quantitative estimate of drug-likeness (QED) is 0.874. The number of nitrogens with zero attached hydrogens (tertiary/aromatic N) is 1. The van der Waals surface area contributed by atoms with Gasteiger partial charge in [-0.05, 0) is 49.9 Å². The molecule has 0 atom stereocenters. The van der Waals surface area contributed by atoms with Crippen LogP contribution in [0.5, 0.6) is 5.75 Å². The van der Waals surface area contributed by atoms with Gasteiger partial charge in [-0.25, -0.2) is 4.98 Å². The number of hydrogen-bond acceptors (Lipinski definition) is 4. The first-order valence-corrected chi connectivity index (χ1v) is 8.15. The van der Waals surface area contributed by atoms with Crippen molar-refractivity contribution in [2.24, 2.45) is 0 Å². The van der Waals surface area contributed by atoms with Crippen molar-refractivity contribution in [3.63, 3.8) is 0 Å². The molecule has 0 aliphatic carbocycles. The van der Waals surface area contributed by atoms with E-state index in [1.165, 1.54) is 16.7 Å². The zero-order valence-electron chi connectivity index (χ0n) is 13.2. The van der Waals surface area contributed by atoms with Crippen molar-refractivity contribution < 1.29 is 9.84 Å². The van der Waals surface area contributed by atoms with Gasteiger partial charge < -0.3 is 9.84 Å². The topological polar surface area (TPSA) is 42.4 Å². The average Bonchev–Trinajstić information content (AvgIpc) is 2.84. The van der Waals surface area contributed by atoms with Crippen molar-refractivity contribution in [1.29, 1.82) is 0 Å².